The lowest BCUT2D eigenvalue weighted by atomic mass is 10.1. The fourth-order valence-corrected chi connectivity index (χ4v) is 2.76. The lowest BCUT2D eigenvalue weighted by molar-refractivity contribution is -0.385. The van der Waals surface area contributed by atoms with Gasteiger partial charge in [-0.25, -0.2) is 9.59 Å². The molecule has 3 rings (SSSR count). The van der Waals surface area contributed by atoms with Crippen LogP contribution in [0.5, 0.6) is 5.75 Å². The average molecular weight is 390 g/mol. The van der Waals surface area contributed by atoms with E-state index in [1.807, 2.05) is 0 Å². The van der Waals surface area contributed by atoms with Crippen molar-refractivity contribution in [1.29, 1.82) is 0 Å². The van der Waals surface area contributed by atoms with Gasteiger partial charge in [0, 0.05) is 33.7 Å². The van der Waals surface area contributed by atoms with Gasteiger partial charge in [0.15, 0.2) is 0 Å². The average Bonchev–Trinajstić information content (AvgIpc) is 2.62. The third kappa shape index (κ3) is 3.61. The van der Waals surface area contributed by atoms with Gasteiger partial charge in [0.2, 0.25) is 0 Å². The van der Waals surface area contributed by atoms with Crippen LogP contribution in [0.2, 0.25) is 5.02 Å². The molecule has 27 heavy (non-hydrogen) atoms. The Bertz CT molecular complexity index is 1140. The summed E-state index contributed by atoms with van der Waals surface area (Å²) in [4.78, 5) is 34.4. The molecule has 0 aliphatic heterocycles. The van der Waals surface area contributed by atoms with E-state index in [-0.39, 0.29) is 28.5 Å². The molecule has 0 aliphatic rings. The Balaban J connectivity index is 1.95. The topological polar surface area (TPSA) is 120 Å². The number of nitrogens with zero attached hydrogens (tertiary/aromatic N) is 1. The largest absolute Gasteiger partial charge is 0.508 e. The molecule has 0 unspecified atom stereocenters. The Labute approximate surface area is 156 Å². The van der Waals surface area contributed by atoms with E-state index in [2.05, 4.69) is 0 Å². The van der Waals surface area contributed by atoms with E-state index in [9.17, 15) is 24.8 Å². The zero-order valence-electron chi connectivity index (χ0n) is 13.9. The fourth-order valence-electron chi connectivity index (χ4n) is 2.59. The Morgan fingerprint density at radius 3 is 2.74 bits per heavy atom. The van der Waals surface area contributed by atoms with Gasteiger partial charge in [-0.1, -0.05) is 11.6 Å². The second kappa shape index (κ2) is 7.08. The Morgan fingerprint density at radius 2 is 2.04 bits per heavy atom. The van der Waals surface area contributed by atoms with Crippen LogP contribution >= 0.6 is 11.6 Å². The summed E-state index contributed by atoms with van der Waals surface area (Å²) in [7, 11) is 0. The van der Waals surface area contributed by atoms with Gasteiger partial charge in [-0.3, -0.25) is 10.1 Å². The molecular formula is C18H12ClNO7. The maximum absolute atomic E-state index is 12.3. The van der Waals surface area contributed by atoms with E-state index in [0.29, 0.717) is 16.5 Å². The van der Waals surface area contributed by atoms with E-state index in [4.69, 9.17) is 20.8 Å². The van der Waals surface area contributed by atoms with Crippen molar-refractivity contribution in [3.8, 4) is 5.75 Å². The molecule has 1 aromatic heterocycles. The number of fused-ring (bicyclic) bond motifs is 1. The molecule has 0 spiro atoms. The molecule has 0 radical (unpaired) electrons. The van der Waals surface area contributed by atoms with Crippen LogP contribution in [-0.2, 0) is 11.3 Å². The summed E-state index contributed by atoms with van der Waals surface area (Å²) >= 11 is 5.81. The summed E-state index contributed by atoms with van der Waals surface area (Å²) < 4.78 is 10.3. The zero-order valence-corrected chi connectivity index (χ0v) is 14.6. The van der Waals surface area contributed by atoms with Crippen LogP contribution in [0.1, 0.15) is 21.5 Å². The van der Waals surface area contributed by atoms with Crippen molar-refractivity contribution >= 4 is 34.2 Å². The standard InChI is InChI=1S/C18H12ClNO7/c1-9-15(21)5-3-12-10(6-16(22)27-17(9)12)8-26-18(23)13-7-11(19)2-4-14(13)20(24)25/h2-7,21H,8H2,1H3. The van der Waals surface area contributed by atoms with Gasteiger partial charge in [-0.15, -0.1) is 0 Å². The van der Waals surface area contributed by atoms with Crippen molar-refractivity contribution in [2.24, 2.45) is 0 Å². The highest BCUT2D eigenvalue weighted by atomic mass is 35.5. The quantitative estimate of drug-likeness (QED) is 0.312. The van der Waals surface area contributed by atoms with E-state index < -0.39 is 22.2 Å². The SMILES string of the molecule is Cc1c(O)ccc2c(COC(=O)c3cc(Cl)ccc3[N+](=O)[O-])cc(=O)oc12. The summed E-state index contributed by atoms with van der Waals surface area (Å²) in [6.45, 7) is 1.25. The first kappa shape index (κ1) is 18.4. The number of carbonyl (C=O) groups excluding carboxylic acids is 1. The van der Waals surface area contributed by atoms with E-state index in [1.165, 1.54) is 18.2 Å². The van der Waals surface area contributed by atoms with Gasteiger partial charge < -0.3 is 14.3 Å². The van der Waals surface area contributed by atoms with Gasteiger partial charge in [0.05, 0.1) is 4.92 Å². The number of rotatable bonds is 4. The van der Waals surface area contributed by atoms with E-state index in [0.717, 1.165) is 18.2 Å². The number of ether oxygens (including phenoxy) is 1. The van der Waals surface area contributed by atoms with Crippen molar-refractivity contribution in [2.75, 3.05) is 0 Å². The Hall–Kier alpha value is -3.39. The minimum Gasteiger partial charge on any atom is -0.508 e. The van der Waals surface area contributed by atoms with Crippen LogP contribution in [0.3, 0.4) is 0 Å². The highest BCUT2D eigenvalue weighted by molar-refractivity contribution is 6.31. The fraction of sp³-hybridized carbons (Fsp3) is 0.111. The zero-order chi connectivity index (χ0) is 19.7. The Kier molecular flexibility index (Phi) is 4.83. The molecule has 1 heterocycles. The molecular weight excluding hydrogens is 378 g/mol. The van der Waals surface area contributed by atoms with Gasteiger partial charge in [0.1, 0.15) is 23.5 Å². The third-order valence-electron chi connectivity index (χ3n) is 3.95. The summed E-state index contributed by atoms with van der Waals surface area (Å²) in [5.74, 6) is -1.00. The number of phenolic OH excluding ortho intramolecular Hbond substituents is 1. The normalized spacial score (nSPS) is 10.7. The monoisotopic (exact) mass is 389 g/mol. The maximum Gasteiger partial charge on any atom is 0.345 e. The van der Waals surface area contributed by atoms with Crippen molar-refractivity contribution in [3.05, 3.63) is 78.6 Å². The number of phenols is 1. The van der Waals surface area contributed by atoms with Gasteiger partial charge >= 0.3 is 11.6 Å². The first-order valence-electron chi connectivity index (χ1n) is 7.64. The first-order chi connectivity index (χ1) is 12.8. The number of esters is 1. The van der Waals surface area contributed by atoms with Gasteiger partial charge in [-0.05, 0) is 31.2 Å². The van der Waals surface area contributed by atoms with Crippen LogP contribution in [0.25, 0.3) is 11.0 Å². The minimum absolute atomic E-state index is 0.0469. The molecule has 0 aliphatic carbocycles. The second-order valence-corrected chi connectivity index (χ2v) is 6.11. The number of aryl methyl sites for hydroxylation is 1. The molecule has 0 bridgehead atoms. The van der Waals surface area contributed by atoms with Crippen LogP contribution in [-0.4, -0.2) is 16.0 Å². The van der Waals surface area contributed by atoms with Crippen LogP contribution in [0, 0.1) is 17.0 Å². The molecule has 0 fully saturated rings. The first-order valence-corrected chi connectivity index (χ1v) is 8.02. The number of benzene rings is 2. The van der Waals surface area contributed by atoms with Crippen molar-refractivity contribution in [1.82, 2.24) is 0 Å². The third-order valence-corrected chi connectivity index (χ3v) is 4.19. The smallest absolute Gasteiger partial charge is 0.345 e. The highest BCUT2D eigenvalue weighted by Gasteiger charge is 2.22. The molecule has 0 saturated heterocycles. The number of hydrogen-bond donors (Lipinski definition) is 1. The van der Waals surface area contributed by atoms with Gasteiger partial charge in [0.25, 0.3) is 5.69 Å². The molecule has 0 amide bonds. The van der Waals surface area contributed by atoms with Crippen molar-refractivity contribution in [2.45, 2.75) is 13.5 Å². The molecule has 0 atom stereocenters. The summed E-state index contributed by atoms with van der Waals surface area (Å²) in [6, 6.07) is 7.63. The number of nitro benzene ring substituents is 1. The number of nitro groups is 1. The van der Waals surface area contributed by atoms with Crippen LogP contribution in [0.4, 0.5) is 5.69 Å². The summed E-state index contributed by atoms with van der Waals surface area (Å²) in [6.07, 6.45) is 0. The second-order valence-electron chi connectivity index (χ2n) is 5.67. The molecule has 1 N–H and O–H groups in total. The lowest BCUT2D eigenvalue weighted by Crippen LogP contribution is -2.10. The Morgan fingerprint density at radius 1 is 1.30 bits per heavy atom. The van der Waals surface area contributed by atoms with E-state index in [1.54, 1.807) is 6.92 Å². The number of aromatic hydroxyl groups is 1. The minimum atomic E-state index is -0.957. The predicted octanol–water partition coefficient (Wildman–Crippen LogP) is 3.73. The predicted molar refractivity (Wildman–Crippen MR) is 96.1 cm³/mol. The van der Waals surface area contributed by atoms with E-state index >= 15 is 0 Å². The lowest BCUT2D eigenvalue weighted by Gasteiger charge is -2.09. The highest BCUT2D eigenvalue weighted by Crippen LogP contribution is 2.28. The number of hydrogen-bond acceptors (Lipinski definition) is 7. The van der Waals surface area contributed by atoms with Gasteiger partial charge in [-0.2, -0.15) is 0 Å². The van der Waals surface area contributed by atoms with Crippen molar-refractivity contribution < 1.29 is 24.0 Å². The molecule has 8 nitrogen and oxygen atoms in total. The van der Waals surface area contributed by atoms with Crippen LogP contribution < -0.4 is 5.63 Å². The molecule has 9 heteroatoms. The number of carbonyl (C=O) groups is 1. The number of halogens is 1. The molecule has 3 aromatic rings. The maximum atomic E-state index is 12.3. The van der Waals surface area contributed by atoms with Crippen molar-refractivity contribution in [3.63, 3.8) is 0 Å². The molecule has 0 saturated carbocycles. The summed E-state index contributed by atoms with van der Waals surface area (Å²) in [5.41, 5.74) is -0.555. The molecule has 2 aromatic carbocycles. The molecule has 138 valence electrons. The van der Waals surface area contributed by atoms with Crippen LogP contribution in [0.15, 0.2) is 45.6 Å². The summed E-state index contributed by atoms with van der Waals surface area (Å²) in [5, 5.41) is 21.4.